The van der Waals surface area contributed by atoms with E-state index in [0.717, 1.165) is 33.6 Å². The molecule has 3 atom stereocenters. The molecule has 1 aromatic heterocycles. The summed E-state index contributed by atoms with van der Waals surface area (Å²) in [5.41, 5.74) is 2.15. The molecule has 3 heterocycles. The minimum atomic E-state index is -0.858. The van der Waals surface area contributed by atoms with Gasteiger partial charge in [0.05, 0.1) is 41.0 Å². The summed E-state index contributed by atoms with van der Waals surface area (Å²) in [6, 6.07) is 21.5. The number of hydrogen-bond donors (Lipinski definition) is 1. The number of anilines is 2. The summed E-state index contributed by atoms with van der Waals surface area (Å²) in [5, 5.41) is 2.35. The molecule has 240 valence electrons. The van der Waals surface area contributed by atoms with Crippen molar-refractivity contribution >= 4 is 64.1 Å². The number of fused-ring (bicyclic) bond motifs is 2. The number of thioether (sulfide) groups is 1. The number of aromatic nitrogens is 1. The second-order valence-corrected chi connectivity index (χ2v) is 12.8. The molecule has 3 amide bonds. The predicted octanol–water partition coefficient (Wildman–Crippen LogP) is 4.70. The quantitative estimate of drug-likeness (QED) is 0.198. The number of imide groups is 1. The molecule has 0 aliphatic carbocycles. The van der Waals surface area contributed by atoms with Gasteiger partial charge >= 0.3 is 16.8 Å². The van der Waals surface area contributed by atoms with Crippen LogP contribution in [0.3, 0.4) is 0 Å². The van der Waals surface area contributed by atoms with Crippen LogP contribution in [-0.4, -0.2) is 52.7 Å². The van der Waals surface area contributed by atoms with Gasteiger partial charge in [0.15, 0.2) is 0 Å². The number of ether oxygens (including phenoxy) is 2. The smallest absolute Gasteiger partial charge is 0.338 e. The molecule has 11 nitrogen and oxygen atoms in total. The summed E-state index contributed by atoms with van der Waals surface area (Å²) >= 11 is 2.07. The maximum Gasteiger partial charge on any atom is 0.338 e. The lowest BCUT2D eigenvalue weighted by Crippen LogP contribution is -2.33. The molecule has 0 radical (unpaired) electrons. The lowest BCUT2D eigenvalue weighted by molar-refractivity contribution is -0.122. The van der Waals surface area contributed by atoms with Crippen molar-refractivity contribution < 1.29 is 33.4 Å². The van der Waals surface area contributed by atoms with E-state index in [-0.39, 0.29) is 24.6 Å². The Morgan fingerprint density at radius 2 is 1.38 bits per heavy atom. The zero-order valence-electron chi connectivity index (χ0n) is 25.3. The molecule has 0 saturated carbocycles. The molecule has 0 bridgehead atoms. The van der Waals surface area contributed by atoms with Gasteiger partial charge in [-0.3, -0.25) is 23.7 Å². The summed E-state index contributed by atoms with van der Waals surface area (Å²) in [6.07, 6.45) is 0. The van der Waals surface area contributed by atoms with Gasteiger partial charge in [0.25, 0.3) is 0 Å². The van der Waals surface area contributed by atoms with Crippen LogP contribution in [0.1, 0.15) is 50.9 Å². The van der Waals surface area contributed by atoms with Crippen LogP contribution in [0.4, 0.5) is 11.4 Å². The summed E-state index contributed by atoms with van der Waals surface area (Å²) in [4.78, 5) is 80.0. The van der Waals surface area contributed by atoms with E-state index < -0.39 is 46.7 Å². The Hall–Kier alpha value is -5.01. The fourth-order valence-corrected chi connectivity index (χ4v) is 8.51. The molecule has 1 saturated heterocycles. The monoisotopic (exact) mass is 671 g/mol. The maximum atomic E-state index is 14.1. The van der Waals surface area contributed by atoms with Gasteiger partial charge in [0.1, 0.15) is 11.8 Å². The number of carbonyl (C=O) groups excluding carboxylic acids is 5. The number of benzene rings is 3. The van der Waals surface area contributed by atoms with Crippen LogP contribution >= 0.6 is 23.1 Å². The molecule has 13 heteroatoms. The molecular formula is C34H29N3O8S2. The van der Waals surface area contributed by atoms with Gasteiger partial charge in [-0.05, 0) is 67.9 Å². The summed E-state index contributed by atoms with van der Waals surface area (Å²) in [5.74, 6) is -3.72. The Balaban J connectivity index is 1.30. The number of nitrogens with zero attached hydrogens (tertiary/aromatic N) is 2. The van der Waals surface area contributed by atoms with Crippen LogP contribution < -0.4 is 15.1 Å². The average Bonchev–Trinajstić information content (AvgIpc) is 3.51. The van der Waals surface area contributed by atoms with Crippen molar-refractivity contribution in [1.82, 2.24) is 4.57 Å². The van der Waals surface area contributed by atoms with Gasteiger partial charge in [-0.15, -0.1) is 0 Å². The van der Waals surface area contributed by atoms with Crippen LogP contribution in [-0.2, 0) is 30.4 Å². The third-order valence-electron chi connectivity index (χ3n) is 7.83. The first kappa shape index (κ1) is 32.0. The highest BCUT2D eigenvalue weighted by Gasteiger charge is 2.56. The van der Waals surface area contributed by atoms with E-state index in [1.165, 1.54) is 41.0 Å². The third-order valence-corrected chi connectivity index (χ3v) is 10.4. The SMILES string of the molecule is CCOC(=O)c1ccc(NC(=O)Cn2c3c(sc2=O)C(c2ccccc2)C2C(=O)N(c4ccc(C(=O)OCC)cc4)C(=O)C2S3)cc1. The van der Waals surface area contributed by atoms with Crippen molar-refractivity contribution in [2.24, 2.45) is 5.92 Å². The van der Waals surface area contributed by atoms with Crippen LogP contribution in [0.2, 0.25) is 0 Å². The fraction of sp³-hybridized carbons (Fsp3) is 0.235. The summed E-state index contributed by atoms with van der Waals surface area (Å²) in [7, 11) is 0. The number of carbonyl (C=O) groups is 5. The molecule has 2 aliphatic rings. The van der Waals surface area contributed by atoms with Crippen molar-refractivity contribution in [3.63, 3.8) is 0 Å². The number of hydrogen-bond acceptors (Lipinski definition) is 10. The third kappa shape index (κ3) is 6.11. The Kier molecular flexibility index (Phi) is 9.10. The Morgan fingerprint density at radius 3 is 1.98 bits per heavy atom. The van der Waals surface area contributed by atoms with Crippen molar-refractivity contribution in [3.8, 4) is 0 Å². The highest BCUT2D eigenvalue weighted by molar-refractivity contribution is 8.00. The standard InChI is InChI=1S/C34H29N3O8S2/c1-3-44-32(41)20-10-14-22(15-11-20)35-24(38)18-36-31-28(47-34(36)43)25(19-8-6-5-7-9-19)26-27(46-31)30(40)37(29(26)39)23-16-12-21(13-17-23)33(42)45-4-2/h5-17,25-27H,3-4,18H2,1-2H3,(H,35,38). The largest absolute Gasteiger partial charge is 0.462 e. The molecule has 3 aromatic carbocycles. The first-order valence-corrected chi connectivity index (χ1v) is 16.6. The van der Waals surface area contributed by atoms with Crippen molar-refractivity contribution in [2.75, 3.05) is 23.4 Å². The minimum Gasteiger partial charge on any atom is -0.462 e. The predicted molar refractivity (Wildman–Crippen MR) is 176 cm³/mol. The van der Waals surface area contributed by atoms with E-state index >= 15 is 0 Å². The van der Waals surface area contributed by atoms with Crippen LogP contribution in [0.15, 0.2) is 88.7 Å². The molecule has 3 unspecified atom stereocenters. The van der Waals surface area contributed by atoms with E-state index in [0.29, 0.717) is 32.4 Å². The molecule has 6 rings (SSSR count). The van der Waals surface area contributed by atoms with E-state index in [2.05, 4.69) is 5.32 Å². The van der Waals surface area contributed by atoms with Crippen molar-refractivity contribution in [3.05, 3.63) is 110 Å². The average molecular weight is 672 g/mol. The fourth-order valence-electron chi connectivity index (χ4n) is 5.74. The highest BCUT2D eigenvalue weighted by Crippen LogP contribution is 2.53. The molecular weight excluding hydrogens is 643 g/mol. The molecule has 47 heavy (non-hydrogen) atoms. The van der Waals surface area contributed by atoms with Gasteiger partial charge in [-0.1, -0.05) is 53.4 Å². The van der Waals surface area contributed by atoms with E-state index in [1.54, 1.807) is 26.0 Å². The topological polar surface area (TPSA) is 141 Å². The lowest BCUT2D eigenvalue weighted by Gasteiger charge is -2.30. The van der Waals surface area contributed by atoms with Crippen LogP contribution in [0, 0.1) is 5.92 Å². The van der Waals surface area contributed by atoms with Gasteiger partial charge < -0.3 is 14.8 Å². The molecule has 4 aromatic rings. The van der Waals surface area contributed by atoms with Crippen molar-refractivity contribution in [1.29, 1.82) is 0 Å². The van der Waals surface area contributed by atoms with Gasteiger partial charge in [-0.2, -0.15) is 0 Å². The Bertz CT molecular complexity index is 1920. The second-order valence-electron chi connectivity index (χ2n) is 10.7. The number of nitrogens with one attached hydrogen (secondary N) is 1. The van der Waals surface area contributed by atoms with Gasteiger partial charge in [0.2, 0.25) is 17.7 Å². The van der Waals surface area contributed by atoms with Gasteiger partial charge in [0, 0.05) is 16.5 Å². The summed E-state index contributed by atoms with van der Waals surface area (Å²) in [6.45, 7) is 3.55. The minimum absolute atomic E-state index is 0.215. The normalized spacial score (nSPS) is 18.3. The molecule has 0 spiro atoms. The van der Waals surface area contributed by atoms with E-state index in [9.17, 15) is 28.8 Å². The Labute approximate surface area is 277 Å². The Morgan fingerprint density at radius 1 is 0.787 bits per heavy atom. The van der Waals surface area contributed by atoms with Crippen LogP contribution in [0.5, 0.6) is 0 Å². The highest BCUT2D eigenvalue weighted by atomic mass is 32.2. The first-order valence-electron chi connectivity index (χ1n) is 14.9. The number of rotatable bonds is 9. The molecule has 1 fully saturated rings. The van der Waals surface area contributed by atoms with E-state index in [1.807, 2.05) is 30.3 Å². The number of thiazole rings is 1. The lowest BCUT2D eigenvalue weighted by atomic mass is 9.83. The maximum absolute atomic E-state index is 14.1. The number of amides is 3. The molecule has 2 aliphatic heterocycles. The van der Waals surface area contributed by atoms with Gasteiger partial charge in [-0.25, -0.2) is 14.5 Å². The zero-order valence-corrected chi connectivity index (χ0v) is 27.0. The van der Waals surface area contributed by atoms with E-state index in [4.69, 9.17) is 9.47 Å². The number of esters is 2. The summed E-state index contributed by atoms with van der Waals surface area (Å²) < 4.78 is 11.4. The molecule has 1 N–H and O–H groups in total. The zero-order chi connectivity index (χ0) is 33.2. The first-order chi connectivity index (χ1) is 22.7. The van der Waals surface area contributed by atoms with Crippen molar-refractivity contribution in [2.45, 2.75) is 36.6 Å². The van der Waals surface area contributed by atoms with Crippen LogP contribution in [0.25, 0.3) is 0 Å². The second kappa shape index (κ2) is 13.4.